The van der Waals surface area contributed by atoms with Crippen molar-refractivity contribution in [2.24, 2.45) is 0 Å². The Bertz CT molecular complexity index is 1470. The van der Waals surface area contributed by atoms with E-state index in [1.165, 1.54) is 4.90 Å². The Hall–Kier alpha value is -3.88. The fourth-order valence-corrected chi connectivity index (χ4v) is 4.62. The molecule has 0 radical (unpaired) electrons. The van der Waals surface area contributed by atoms with Gasteiger partial charge in [-0.25, -0.2) is 0 Å². The minimum Gasteiger partial charge on any atom is -0.465 e. The molecule has 0 saturated carbocycles. The van der Waals surface area contributed by atoms with E-state index in [-0.39, 0.29) is 47.6 Å². The van der Waals surface area contributed by atoms with Gasteiger partial charge in [-0.05, 0) is 44.2 Å². The van der Waals surface area contributed by atoms with Crippen molar-refractivity contribution in [1.29, 1.82) is 0 Å². The fraction of sp³-hybridized carbons (Fsp3) is 0.214. The smallest absolute Gasteiger partial charge is 0.325 e. The molecule has 196 valence electrons. The number of pyridine rings is 1. The van der Waals surface area contributed by atoms with Gasteiger partial charge in [-0.3, -0.25) is 19.4 Å². The molecule has 4 aromatic rings. The molecule has 0 aliphatic carbocycles. The van der Waals surface area contributed by atoms with E-state index in [0.717, 1.165) is 0 Å². The van der Waals surface area contributed by atoms with Gasteiger partial charge >= 0.3 is 5.97 Å². The van der Waals surface area contributed by atoms with Crippen molar-refractivity contribution in [1.82, 2.24) is 9.88 Å². The van der Waals surface area contributed by atoms with Crippen molar-refractivity contribution >= 4 is 57.6 Å². The molecule has 1 N–H and O–H groups in total. The number of anilines is 1. The summed E-state index contributed by atoms with van der Waals surface area (Å²) in [7, 11) is 0. The summed E-state index contributed by atoms with van der Waals surface area (Å²) < 4.78 is 11.1. The Labute approximate surface area is 229 Å². The quantitative estimate of drug-likeness (QED) is 0.261. The van der Waals surface area contributed by atoms with Gasteiger partial charge in [-0.15, -0.1) is 0 Å². The number of aryl methyl sites for hydroxylation is 1. The molecule has 4 rings (SSSR count). The first kappa shape index (κ1) is 27.2. The molecule has 38 heavy (non-hydrogen) atoms. The molecule has 2 aromatic carbocycles. The van der Waals surface area contributed by atoms with Crippen molar-refractivity contribution in [3.05, 3.63) is 93.4 Å². The zero-order chi connectivity index (χ0) is 27.2. The number of carbonyl (C=O) groups excluding carboxylic acids is 3. The second kappa shape index (κ2) is 12.1. The van der Waals surface area contributed by atoms with Crippen molar-refractivity contribution in [3.8, 4) is 0 Å². The molecule has 0 atom stereocenters. The van der Waals surface area contributed by atoms with Gasteiger partial charge in [0.2, 0.25) is 5.91 Å². The van der Waals surface area contributed by atoms with E-state index < -0.39 is 11.9 Å². The molecule has 0 unspecified atom stereocenters. The van der Waals surface area contributed by atoms with Crippen LogP contribution in [0.25, 0.3) is 11.0 Å². The number of ether oxygens (including phenoxy) is 1. The van der Waals surface area contributed by atoms with Crippen LogP contribution in [0.15, 0.2) is 65.2 Å². The number of aromatic nitrogens is 1. The van der Waals surface area contributed by atoms with E-state index in [4.69, 9.17) is 32.4 Å². The highest BCUT2D eigenvalue weighted by molar-refractivity contribution is 6.40. The number of nitrogens with one attached hydrogen (secondary N) is 1. The number of para-hydroxylation sites is 1. The largest absolute Gasteiger partial charge is 0.465 e. The predicted molar refractivity (Wildman–Crippen MR) is 145 cm³/mol. The van der Waals surface area contributed by atoms with Crippen molar-refractivity contribution in [2.75, 3.05) is 18.5 Å². The molecular weight excluding hydrogens is 529 g/mol. The maximum Gasteiger partial charge on any atom is 0.325 e. The van der Waals surface area contributed by atoms with Crippen LogP contribution in [0.1, 0.15) is 34.3 Å². The number of nitrogens with zero attached hydrogens (tertiary/aromatic N) is 2. The van der Waals surface area contributed by atoms with Gasteiger partial charge in [0.15, 0.2) is 5.58 Å². The third kappa shape index (κ3) is 6.15. The van der Waals surface area contributed by atoms with Crippen LogP contribution in [-0.4, -0.2) is 40.8 Å². The number of esters is 1. The van der Waals surface area contributed by atoms with Gasteiger partial charge in [-0.1, -0.05) is 47.5 Å². The number of hydrogen-bond donors (Lipinski definition) is 1. The van der Waals surface area contributed by atoms with Crippen molar-refractivity contribution in [2.45, 2.75) is 26.8 Å². The van der Waals surface area contributed by atoms with Crippen LogP contribution < -0.4 is 5.32 Å². The molecule has 0 aliphatic rings. The zero-order valence-electron chi connectivity index (χ0n) is 20.8. The summed E-state index contributed by atoms with van der Waals surface area (Å²) in [4.78, 5) is 44.3. The molecule has 0 spiro atoms. The third-order valence-electron chi connectivity index (χ3n) is 5.84. The van der Waals surface area contributed by atoms with Gasteiger partial charge < -0.3 is 19.4 Å². The fourth-order valence-electron chi connectivity index (χ4n) is 4.05. The first-order chi connectivity index (χ1) is 18.3. The summed E-state index contributed by atoms with van der Waals surface area (Å²) in [6, 6.07) is 15.4. The molecule has 2 aromatic heterocycles. The summed E-state index contributed by atoms with van der Waals surface area (Å²) in [6.07, 6.45) is 1.60. The average Bonchev–Trinajstić information content (AvgIpc) is 3.20. The highest BCUT2D eigenvalue weighted by atomic mass is 35.5. The van der Waals surface area contributed by atoms with Gasteiger partial charge in [0.1, 0.15) is 12.3 Å². The Morgan fingerprint density at radius 2 is 1.76 bits per heavy atom. The molecule has 2 heterocycles. The standard InChI is InChI=1S/C28H25Cl2N3O5/c1-3-37-25(35)16-33(15-18-8-4-5-13-31-18)24(34)14-20-17(2)38-27-19(20)9-6-12-23(27)32-28(36)26-21(29)10-7-11-22(26)30/h4-13H,3,14-16H2,1-2H3,(H,32,36). The summed E-state index contributed by atoms with van der Waals surface area (Å²) in [5, 5.41) is 3.91. The van der Waals surface area contributed by atoms with Crippen molar-refractivity contribution < 1.29 is 23.5 Å². The van der Waals surface area contributed by atoms with E-state index in [1.807, 2.05) is 6.07 Å². The van der Waals surface area contributed by atoms with Crippen LogP contribution in [0.4, 0.5) is 5.69 Å². The van der Waals surface area contributed by atoms with Gasteiger partial charge in [0, 0.05) is 17.1 Å². The van der Waals surface area contributed by atoms with E-state index in [9.17, 15) is 14.4 Å². The maximum absolute atomic E-state index is 13.4. The lowest BCUT2D eigenvalue weighted by atomic mass is 10.1. The second-order valence-corrected chi connectivity index (χ2v) is 9.24. The number of fused-ring (bicyclic) bond motifs is 1. The third-order valence-corrected chi connectivity index (χ3v) is 6.47. The number of amides is 2. The Kier molecular flexibility index (Phi) is 8.66. The molecule has 10 heteroatoms. The molecular formula is C28H25Cl2N3O5. The van der Waals surface area contributed by atoms with Gasteiger partial charge in [0.05, 0.1) is 46.6 Å². The molecule has 2 amide bonds. The lowest BCUT2D eigenvalue weighted by molar-refractivity contribution is -0.149. The average molecular weight is 554 g/mol. The van der Waals surface area contributed by atoms with Gasteiger partial charge in [0.25, 0.3) is 5.91 Å². The van der Waals surface area contributed by atoms with Crippen LogP contribution in [0.5, 0.6) is 0 Å². The Balaban J connectivity index is 1.61. The maximum atomic E-state index is 13.4. The van der Waals surface area contributed by atoms with E-state index in [1.54, 1.807) is 68.6 Å². The van der Waals surface area contributed by atoms with Crippen LogP contribution in [0.2, 0.25) is 10.0 Å². The van der Waals surface area contributed by atoms with E-state index in [2.05, 4.69) is 10.3 Å². The number of halogens is 2. The number of hydrogen-bond acceptors (Lipinski definition) is 6. The topological polar surface area (TPSA) is 102 Å². The van der Waals surface area contributed by atoms with Crippen molar-refractivity contribution in [3.63, 3.8) is 0 Å². The molecule has 0 bridgehead atoms. The lowest BCUT2D eigenvalue weighted by Gasteiger charge is -2.21. The zero-order valence-corrected chi connectivity index (χ0v) is 22.3. The summed E-state index contributed by atoms with van der Waals surface area (Å²) in [6.45, 7) is 3.60. The first-order valence-corrected chi connectivity index (χ1v) is 12.6. The van der Waals surface area contributed by atoms with Crippen LogP contribution in [-0.2, 0) is 27.3 Å². The minimum atomic E-state index is -0.506. The summed E-state index contributed by atoms with van der Waals surface area (Å²) in [5.74, 6) is -0.781. The predicted octanol–water partition coefficient (Wildman–Crippen LogP) is 5.83. The number of benzene rings is 2. The summed E-state index contributed by atoms with van der Waals surface area (Å²) in [5.41, 5.74) is 2.25. The number of furan rings is 1. The first-order valence-electron chi connectivity index (χ1n) is 11.9. The summed E-state index contributed by atoms with van der Waals surface area (Å²) >= 11 is 12.4. The normalized spacial score (nSPS) is 10.8. The number of rotatable bonds is 9. The van der Waals surface area contributed by atoms with Crippen LogP contribution in [0.3, 0.4) is 0 Å². The number of carbonyl (C=O) groups is 3. The Morgan fingerprint density at radius 3 is 2.45 bits per heavy atom. The van der Waals surface area contributed by atoms with Crippen LogP contribution in [0, 0.1) is 6.92 Å². The van der Waals surface area contributed by atoms with E-state index >= 15 is 0 Å². The highest BCUT2D eigenvalue weighted by Gasteiger charge is 2.24. The monoisotopic (exact) mass is 553 g/mol. The van der Waals surface area contributed by atoms with Crippen LogP contribution >= 0.6 is 23.2 Å². The van der Waals surface area contributed by atoms with Gasteiger partial charge in [-0.2, -0.15) is 0 Å². The second-order valence-electron chi connectivity index (χ2n) is 8.42. The molecule has 0 saturated heterocycles. The Morgan fingerprint density at radius 1 is 1.03 bits per heavy atom. The van der Waals surface area contributed by atoms with E-state index in [0.29, 0.717) is 33.7 Å². The minimum absolute atomic E-state index is 0.0290. The SMILES string of the molecule is CCOC(=O)CN(Cc1ccccn1)C(=O)Cc1c(C)oc2c(NC(=O)c3c(Cl)cccc3Cl)cccc12. The lowest BCUT2D eigenvalue weighted by Crippen LogP contribution is -2.37. The molecule has 0 aliphatic heterocycles. The molecule has 8 nitrogen and oxygen atoms in total. The highest BCUT2D eigenvalue weighted by Crippen LogP contribution is 2.33. The molecule has 0 fully saturated rings.